The van der Waals surface area contributed by atoms with E-state index < -0.39 is 0 Å². The minimum atomic E-state index is 0.763. The van der Waals surface area contributed by atoms with Gasteiger partial charge in [0, 0.05) is 19.6 Å². The van der Waals surface area contributed by atoms with Gasteiger partial charge in [-0.2, -0.15) is 0 Å². The van der Waals surface area contributed by atoms with Crippen molar-refractivity contribution in [2.75, 3.05) is 19.6 Å². The molecule has 0 aliphatic heterocycles. The highest BCUT2D eigenvalue weighted by Crippen LogP contribution is 1.94. The summed E-state index contributed by atoms with van der Waals surface area (Å²) in [6, 6.07) is 0. The zero-order valence-corrected chi connectivity index (χ0v) is 8.34. The fourth-order valence-electron chi connectivity index (χ4n) is 1.02. The Labute approximate surface area is 76.3 Å². The van der Waals surface area contributed by atoms with Crippen molar-refractivity contribution in [3.8, 4) is 0 Å². The van der Waals surface area contributed by atoms with Crippen LogP contribution in [-0.4, -0.2) is 24.6 Å². The van der Waals surface area contributed by atoms with E-state index >= 15 is 0 Å². The third-order valence-electron chi connectivity index (χ3n) is 1.56. The minimum Gasteiger partial charge on any atom is -0.330 e. The van der Waals surface area contributed by atoms with Crippen LogP contribution >= 0.6 is 0 Å². The van der Waals surface area contributed by atoms with Crippen molar-refractivity contribution in [1.29, 1.82) is 0 Å². The van der Waals surface area contributed by atoms with E-state index in [1.165, 1.54) is 6.42 Å². The van der Waals surface area contributed by atoms with Crippen molar-refractivity contribution in [1.82, 2.24) is 10.4 Å². The van der Waals surface area contributed by atoms with Gasteiger partial charge in [-0.3, -0.25) is 5.43 Å². The minimum absolute atomic E-state index is 0.763. The lowest BCUT2D eigenvalue weighted by Crippen LogP contribution is -2.37. The summed E-state index contributed by atoms with van der Waals surface area (Å²) in [4.78, 5) is 0. The molecule has 0 fully saturated rings. The Morgan fingerprint density at radius 3 is 2.67 bits per heavy atom. The Kier molecular flexibility index (Phi) is 8.88. The van der Waals surface area contributed by atoms with Crippen LogP contribution in [0.5, 0.6) is 0 Å². The zero-order chi connectivity index (χ0) is 9.23. The van der Waals surface area contributed by atoms with Crippen LogP contribution in [0.3, 0.4) is 0 Å². The van der Waals surface area contributed by atoms with Gasteiger partial charge in [0.2, 0.25) is 0 Å². The first kappa shape index (κ1) is 11.9. The number of hydrogen-bond donors (Lipinski definition) is 2. The van der Waals surface area contributed by atoms with Crippen molar-refractivity contribution in [3.63, 3.8) is 0 Å². The van der Waals surface area contributed by atoms with E-state index in [-0.39, 0.29) is 0 Å². The second-order valence-corrected chi connectivity index (χ2v) is 2.83. The highest BCUT2D eigenvalue weighted by atomic mass is 15.5. The lowest BCUT2D eigenvalue weighted by atomic mass is 10.4. The molecule has 12 heavy (non-hydrogen) atoms. The number of hydrogen-bond acceptors (Lipinski definition) is 3. The highest BCUT2D eigenvalue weighted by Gasteiger charge is 1.99. The fraction of sp³-hybridized carbons (Fsp3) is 0.889. The SMILES string of the molecule is CC[CH]N(CCC)NCCCN. The van der Waals surface area contributed by atoms with Crippen LogP contribution in [0.2, 0.25) is 0 Å². The third-order valence-corrected chi connectivity index (χ3v) is 1.56. The van der Waals surface area contributed by atoms with Crippen LogP contribution in [-0.2, 0) is 0 Å². The molecular weight excluding hydrogens is 150 g/mol. The van der Waals surface area contributed by atoms with Crippen LogP contribution < -0.4 is 11.2 Å². The second kappa shape index (κ2) is 8.97. The number of rotatable bonds is 8. The maximum absolute atomic E-state index is 5.39. The van der Waals surface area contributed by atoms with E-state index in [1.54, 1.807) is 0 Å². The summed E-state index contributed by atoms with van der Waals surface area (Å²) in [7, 11) is 0. The number of hydrazine groups is 1. The first-order valence-corrected chi connectivity index (χ1v) is 4.88. The molecule has 1 radical (unpaired) electrons. The molecular formula is C9H22N3. The number of nitrogens with one attached hydrogen (secondary N) is 1. The Morgan fingerprint density at radius 2 is 2.17 bits per heavy atom. The van der Waals surface area contributed by atoms with Crippen LogP contribution in [0.15, 0.2) is 0 Å². The van der Waals surface area contributed by atoms with Gasteiger partial charge in [0.1, 0.15) is 0 Å². The van der Waals surface area contributed by atoms with E-state index in [0.29, 0.717) is 0 Å². The van der Waals surface area contributed by atoms with Gasteiger partial charge in [0.05, 0.1) is 0 Å². The molecule has 0 amide bonds. The third kappa shape index (κ3) is 6.58. The van der Waals surface area contributed by atoms with Gasteiger partial charge in [-0.1, -0.05) is 13.8 Å². The van der Waals surface area contributed by atoms with E-state index in [9.17, 15) is 0 Å². The number of nitrogens with zero attached hydrogens (tertiary/aromatic N) is 1. The quantitative estimate of drug-likeness (QED) is 0.426. The highest BCUT2D eigenvalue weighted by molar-refractivity contribution is 4.62. The van der Waals surface area contributed by atoms with Gasteiger partial charge >= 0.3 is 0 Å². The van der Waals surface area contributed by atoms with Gasteiger partial charge in [-0.25, -0.2) is 5.01 Å². The molecule has 3 N–H and O–H groups in total. The first-order chi connectivity index (χ1) is 5.85. The van der Waals surface area contributed by atoms with Gasteiger partial charge in [-0.15, -0.1) is 0 Å². The lowest BCUT2D eigenvalue weighted by molar-refractivity contribution is 0.231. The smallest absolute Gasteiger partial charge is 0.0410 e. The molecule has 73 valence electrons. The molecule has 0 heterocycles. The second-order valence-electron chi connectivity index (χ2n) is 2.83. The molecule has 3 heteroatoms. The standard InChI is InChI=1S/C9H22N3/c1-3-8-12(9-4-2)11-7-5-6-10/h8,11H,3-7,9-10H2,1-2H3. The summed E-state index contributed by atoms with van der Waals surface area (Å²) in [6.45, 7) is 9.33. The van der Waals surface area contributed by atoms with Crippen LogP contribution in [0.1, 0.15) is 33.1 Å². The molecule has 0 aliphatic carbocycles. The number of nitrogens with two attached hydrogens (primary N) is 1. The molecule has 0 atom stereocenters. The molecule has 0 saturated carbocycles. The first-order valence-electron chi connectivity index (χ1n) is 4.88. The van der Waals surface area contributed by atoms with Crippen molar-refractivity contribution < 1.29 is 0 Å². The molecule has 3 nitrogen and oxygen atoms in total. The molecule has 0 aliphatic rings. The average molecular weight is 172 g/mol. The van der Waals surface area contributed by atoms with Gasteiger partial charge in [0.25, 0.3) is 0 Å². The Bertz CT molecular complexity index is 79.8. The average Bonchev–Trinajstić information content (AvgIpc) is 2.06. The molecule has 0 aromatic heterocycles. The summed E-state index contributed by atoms with van der Waals surface area (Å²) in [5, 5.41) is 2.16. The molecule has 0 unspecified atom stereocenters. The molecule has 0 aromatic rings. The largest absolute Gasteiger partial charge is 0.330 e. The predicted molar refractivity (Wildman–Crippen MR) is 53.3 cm³/mol. The molecule has 0 aromatic carbocycles. The van der Waals surface area contributed by atoms with Gasteiger partial charge in [0.15, 0.2) is 0 Å². The molecule has 0 rings (SSSR count). The van der Waals surface area contributed by atoms with E-state index in [0.717, 1.165) is 32.5 Å². The monoisotopic (exact) mass is 172 g/mol. The zero-order valence-electron chi connectivity index (χ0n) is 8.34. The van der Waals surface area contributed by atoms with Crippen molar-refractivity contribution in [2.45, 2.75) is 33.1 Å². The fourth-order valence-corrected chi connectivity index (χ4v) is 1.02. The normalized spacial score (nSPS) is 11.0. The van der Waals surface area contributed by atoms with Gasteiger partial charge in [-0.05, 0) is 25.8 Å². The van der Waals surface area contributed by atoms with Gasteiger partial charge < -0.3 is 5.73 Å². The van der Waals surface area contributed by atoms with Crippen LogP contribution in [0, 0.1) is 6.54 Å². The molecule has 0 spiro atoms. The molecule has 0 saturated heterocycles. The van der Waals surface area contributed by atoms with Crippen LogP contribution in [0.25, 0.3) is 0 Å². The summed E-state index contributed by atoms with van der Waals surface area (Å²) >= 11 is 0. The summed E-state index contributed by atoms with van der Waals surface area (Å²) < 4.78 is 0. The Morgan fingerprint density at radius 1 is 1.42 bits per heavy atom. The summed E-state index contributed by atoms with van der Waals surface area (Å²) in [5.41, 5.74) is 8.71. The summed E-state index contributed by atoms with van der Waals surface area (Å²) in [6.07, 6.45) is 3.29. The lowest BCUT2D eigenvalue weighted by Gasteiger charge is -2.21. The Hall–Kier alpha value is -0.120. The van der Waals surface area contributed by atoms with E-state index in [1.807, 2.05) is 0 Å². The maximum atomic E-state index is 5.39. The Balaban J connectivity index is 3.34. The predicted octanol–water partition coefficient (Wildman–Crippen LogP) is 1.12. The topological polar surface area (TPSA) is 41.3 Å². The maximum Gasteiger partial charge on any atom is 0.0410 e. The van der Waals surface area contributed by atoms with E-state index in [2.05, 4.69) is 30.8 Å². The van der Waals surface area contributed by atoms with Crippen molar-refractivity contribution in [2.24, 2.45) is 5.73 Å². The van der Waals surface area contributed by atoms with Crippen molar-refractivity contribution in [3.05, 3.63) is 6.54 Å². The van der Waals surface area contributed by atoms with Crippen molar-refractivity contribution >= 4 is 0 Å². The summed E-state index contributed by atoms with van der Waals surface area (Å²) in [5.74, 6) is 0. The molecule has 0 bridgehead atoms. The van der Waals surface area contributed by atoms with Crippen LogP contribution in [0.4, 0.5) is 0 Å². The van der Waals surface area contributed by atoms with E-state index in [4.69, 9.17) is 5.73 Å².